The minimum Gasteiger partial charge on any atom is -0.394 e. The Morgan fingerprint density at radius 3 is 2.37 bits per heavy atom. The summed E-state index contributed by atoms with van der Waals surface area (Å²) in [6.45, 7) is 1.54. The van der Waals surface area contributed by atoms with E-state index in [4.69, 9.17) is 24.7 Å². The Bertz CT molecular complexity index is 681. The number of unbranched alkanes of at least 4 members (excludes halogenated alkanes) is 6. The molecule has 6 N–H and O–H groups in total. The molecule has 2 aliphatic heterocycles. The molecule has 0 radical (unpaired) electrons. The first-order valence-corrected chi connectivity index (χ1v) is 12.2. The molecule has 2 aliphatic rings. The number of ketones is 1. The van der Waals surface area contributed by atoms with Gasteiger partial charge in [-0.1, -0.05) is 32.1 Å². The van der Waals surface area contributed by atoms with Crippen LogP contribution in [0.1, 0.15) is 51.4 Å². The molecule has 202 valence electrons. The molecule has 0 aliphatic carbocycles. The number of Topliss-reactive ketones (excluding diaryl/α,β-unsaturated/α-hetero) is 1. The van der Waals surface area contributed by atoms with Gasteiger partial charge in [-0.25, -0.2) is 4.79 Å². The fraction of sp³-hybridized carbons (Fsp3) is 0.826. The van der Waals surface area contributed by atoms with Gasteiger partial charge in [0.1, 0.15) is 25.1 Å². The van der Waals surface area contributed by atoms with Gasteiger partial charge >= 0.3 is 6.03 Å². The van der Waals surface area contributed by atoms with Gasteiger partial charge in [0, 0.05) is 26.3 Å². The van der Waals surface area contributed by atoms with Gasteiger partial charge in [-0.2, -0.15) is 0 Å². The Morgan fingerprint density at radius 1 is 1.09 bits per heavy atom. The molecule has 1 unspecified atom stereocenters. The quantitative estimate of drug-likeness (QED) is 0.126. The third kappa shape index (κ3) is 9.07. The Balaban J connectivity index is 1.58. The number of carbonyl (C=O) groups is 2. The minimum absolute atomic E-state index is 0.228. The lowest BCUT2D eigenvalue weighted by Crippen LogP contribution is -2.66. The molecule has 12 nitrogen and oxygen atoms in total. The standard InChI is InChI=1S/C23H41N3O9/c1-32-13-14-34-16-33-12-8-6-4-2-3-5-7-9-18(28)23(24)10-11-26(22(31)25-23)21-20(30)19(29)17(15-27)35-21/h10-11,17,19-21,27,29-30H,2-9,12-16,24H2,1H3,(H,25,31)/t17-,19-,20+,21-,23?/m1/s1. The summed E-state index contributed by atoms with van der Waals surface area (Å²) in [4.78, 5) is 26.2. The van der Waals surface area contributed by atoms with Crippen LogP contribution in [0.25, 0.3) is 0 Å². The third-order valence-corrected chi connectivity index (χ3v) is 6.09. The van der Waals surface area contributed by atoms with E-state index in [9.17, 15) is 24.9 Å². The number of carbonyl (C=O) groups excluding carboxylic acids is 2. The number of nitrogens with two attached hydrogens (primary N) is 1. The Hall–Kier alpha value is -1.64. The van der Waals surface area contributed by atoms with E-state index < -0.39 is 42.8 Å². The molecule has 0 bridgehead atoms. The highest BCUT2D eigenvalue weighted by Gasteiger charge is 2.48. The van der Waals surface area contributed by atoms with Crippen molar-refractivity contribution in [2.24, 2.45) is 5.73 Å². The van der Waals surface area contributed by atoms with Gasteiger partial charge in [0.05, 0.1) is 19.8 Å². The number of nitrogens with one attached hydrogen (secondary N) is 1. The van der Waals surface area contributed by atoms with Crippen molar-refractivity contribution in [3.8, 4) is 0 Å². The average Bonchev–Trinajstić information content (AvgIpc) is 3.12. The predicted octanol–water partition coefficient (Wildman–Crippen LogP) is -0.0537. The van der Waals surface area contributed by atoms with Crippen molar-refractivity contribution >= 4 is 11.8 Å². The summed E-state index contributed by atoms with van der Waals surface area (Å²) in [5, 5.41) is 31.7. The van der Waals surface area contributed by atoms with Gasteiger partial charge in [-0.3, -0.25) is 15.4 Å². The third-order valence-electron chi connectivity index (χ3n) is 6.09. The molecule has 0 aromatic carbocycles. The topological polar surface area (TPSA) is 173 Å². The zero-order valence-corrected chi connectivity index (χ0v) is 20.5. The second kappa shape index (κ2) is 15.5. The Morgan fingerprint density at radius 2 is 1.74 bits per heavy atom. The fourth-order valence-electron chi connectivity index (χ4n) is 3.92. The van der Waals surface area contributed by atoms with Crippen molar-refractivity contribution in [3.05, 3.63) is 12.3 Å². The maximum absolute atomic E-state index is 12.6. The van der Waals surface area contributed by atoms with Gasteiger partial charge in [0.25, 0.3) is 0 Å². The number of rotatable bonds is 18. The maximum atomic E-state index is 12.6. The van der Waals surface area contributed by atoms with Crippen molar-refractivity contribution in [1.82, 2.24) is 10.2 Å². The fourth-order valence-corrected chi connectivity index (χ4v) is 3.92. The number of nitrogens with zero attached hydrogens (tertiary/aromatic N) is 1. The first kappa shape index (κ1) is 29.6. The van der Waals surface area contributed by atoms with E-state index in [1.807, 2.05) is 0 Å². The van der Waals surface area contributed by atoms with E-state index in [2.05, 4.69) is 5.32 Å². The highest BCUT2D eigenvalue weighted by Crippen LogP contribution is 2.26. The number of hydrogen-bond acceptors (Lipinski definition) is 10. The van der Waals surface area contributed by atoms with Gasteiger partial charge in [0.2, 0.25) is 0 Å². The first-order chi connectivity index (χ1) is 16.8. The second-order valence-electron chi connectivity index (χ2n) is 8.83. The summed E-state index contributed by atoms with van der Waals surface area (Å²) < 4.78 is 20.8. The van der Waals surface area contributed by atoms with Crippen LogP contribution in [0.2, 0.25) is 0 Å². The number of urea groups is 1. The normalized spacial score (nSPS) is 28.5. The van der Waals surface area contributed by atoms with Crippen LogP contribution in [-0.2, 0) is 23.7 Å². The van der Waals surface area contributed by atoms with Crippen molar-refractivity contribution in [1.29, 1.82) is 0 Å². The van der Waals surface area contributed by atoms with Crippen LogP contribution in [0, 0.1) is 0 Å². The largest absolute Gasteiger partial charge is 0.394 e. The van der Waals surface area contributed by atoms with Crippen LogP contribution in [0.3, 0.4) is 0 Å². The number of amides is 2. The number of methoxy groups -OCH3 is 1. The summed E-state index contributed by atoms with van der Waals surface area (Å²) in [5.41, 5.74) is 4.47. The first-order valence-electron chi connectivity index (χ1n) is 12.2. The average molecular weight is 504 g/mol. The lowest BCUT2D eigenvalue weighted by molar-refractivity contribution is -0.124. The summed E-state index contributed by atoms with van der Waals surface area (Å²) in [6, 6.07) is -0.733. The predicted molar refractivity (Wildman–Crippen MR) is 125 cm³/mol. The summed E-state index contributed by atoms with van der Waals surface area (Å²) in [5.74, 6) is -0.312. The number of aliphatic hydroxyl groups is 3. The molecule has 1 saturated heterocycles. The molecular formula is C23H41N3O9. The zero-order chi connectivity index (χ0) is 25.7. The molecule has 12 heteroatoms. The Kier molecular flexibility index (Phi) is 13.1. The van der Waals surface area contributed by atoms with Gasteiger partial charge in [-0.15, -0.1) is 0 Å². The van der Waals surface area contributed by atoms with Crippen LogP contribution in [0.5, 0.6) is 0 Å². The molecule has 2 rings (SSSR count). The van der Waals surface area contributed by atoms with Gasteiger partial charge in [-0.05, 0) is 18.9 Å². The highest BCUT2D eigenvalue weighted by molar-refractivity contribution is 5.95. The Labute approximate surface area is 206 Å². The minimum atomic E-state index is -1.64. The monoisotopic (exact) mass is 503 g/mol. The molecule has 5 atom stereocenters. The van der Waals surface area contributed by atoms with Crippen molar-refractivity contribution < 1.29 is 43.9 Å². The van der Waals surface area contributed by atoms with Crippen LogP contribution in [-0.4, -0.2) is 103 Å². The molecular weight excluding hydrogens is 462 g/mol. The SMILES string of the molecule is COCCOCOCCCCCCCCCC(=O)C1(N)C=CN([C@@H]2O[C@H](CO)[C@@H](O)[C@@H]2O)C(=O)N1. The van der Waals surface area contributed by atoms with E-state index in [0.717, 1.165) is 43.4 Å². The van der Waals surface area contributed by atoms with E-state index >= 15 is 0 Å². The molecule has 2 heterocycles. The molecule has 0 aromatic rings. The lowest BCUT2D eigenvalue weighted by atomic mass is 9.98. The van der Waals surface area contributed by atoms with Crippen LogP contribution < -0.4 is 11.1 Å². The number of hydrogen-bond donors (Lipinski definition) is 5. The molecule has 0 saturated carbocycles. The van der Waals surface area contributed by atoms with Crippen molar-refractivity contribution in [2.75, 3.05) is 40.3 Å². The highest BCUT2D eigenvalue weighted by atomic mass is 16.7. The molecule has 35 heavy (non-hydrogen) atoms. The number of aliphatic hydroxyl groups excluding tert-OH is 3. The van der Waals surface area contributed by atoms with E-state index in [-0.39, 0.29) is 19.0 Å². The smallest absolute Gasteiger partial charge is 0.325 e. The van der Waals surface area contributed by atoms with Crippen LogP contribution >= 0.6 is 0 Å². The van der Waals surface area contributed by atoms with Crippen LogP contribution in [0.15, 0.2) is 12.3 Å². The van der Waals surface area contributed by atoms with E-state index in [0.29, 0.717) is 26.2 Å². The summed E-state index contributed by atoms with van der Waals surface area (Å²) >= 11 is 0. The van der Waals surface area contributed by atoms with Gasteiger partial charge in [0.15, 0.2) is 17.7 Å². The van der Waals surface area contributed by atoms with E-state index in [1.54, 1.807) is 7.11 Å². The molecule has 0 aromatic heterocycles. The van der Waals surface area contributed by atoms with Crippen molar-refractivity contribution in [2.45, 2.75) is 81.6 Å². The summed E-state index contributed by atoms with van der Waals surface area (Å²) in [7, 11) is 1.63. The van der Waals surface area contributed by atoms with Gasteiger partial charge < -0.3 is 39.6 Å². The van der Waals surface area contributed by atoms with Crippen molar-refractivity contribution in [3.63, 3.8) is 0 Å². The molecule has 0 spiro atoms. The van der Waals surface area contributed by atoms with Crippen LogP contribution in [0.4, 0.5) is 4.79 Å². The number of ether oxygens (including phenoxy) is 4. The van der Waals surface area contributed by atoms with E-state index in [1.165, 1.54) is 12.3 Å². The molecule has 2 amide bonds. The zero-order valence-electron chi connectivity index (χ0n) is 20.5. The second-order valence-corrected chi connectivity index (χ2v) is 8.83. The maximum Gasteiger partial charge on any atom is 0.325 e. The lowest BCUT2D eigenvalue weighted by Gasteiger charge is -2.36. The molecule has 1 fully saturated rings. The summed E-state index contributed by atoms with van der Waals surface area (Å²) in [6.07, 6.45) is 4.68.